The fraction of sp³-hybridized carbons (Fsp3) is 0.632. The van der Waals surface area contributed by atoms with Crippen molar-refractivity contribution in [1.82, 2.24) is 9.21 Å². The fourth-order valence-electron chi connectivity index (χ4n) is 3.72. The second-order valence-corrected chi connectivity index (χ2v) is 10.4. The lowest BCUT2D eigenvalue weighted by atomic mass is 9.74. The Morgan fingerprint density at radius 2 is 1.86 bits per heavy atom. The minimum Gasteiger partial charge on any atom is -0.368 e. The average Bonchev–Trinajstić information content (AvgIpc) is 2.62. The molecular formula is C19H28Cl2N4O2S. The van der Waals surface area contributed by atoms with Crippen LogP contribution in [0, 0.1) is 11.8 Å². The molecule has 0 bridgehead atoms. The quantitative estimate of drug-likeness (QED) is 0.602. The third-order valence-corrected chi connectivity index (χ3v) is 7.76. The molecule has 1 aliphatic carbocycles. The molecule has 3 rings (SSSR count). The Balaban J connectivity index is 1.37. The number of nitrogens with zero attached hydrogens (tertiary/aromatic N) is 4. The van der Waals surface area contributed by atoms with Crippen LogP contribution in [0.25, 0.3) is 0 Å². The van der Waals surface area contributed by atoms with E-state index in [1.54, 1.807) is 6.21 Å². The van der Waals surface area contributed by atoms with Crippen LogP contribution in [0.15, 0.2) is 22.6 Å². The molecule has 1 aromatic carbocycles. The van der Waals surface area contributed by atoms with Gasteiger partial charge in [-0.15, -0.1) is 0 Å². The summed E-state index contributed by atoms with van der Waals surface area (Å²) in [7, 11) is -0.485. The highest BCUT2D eigenvalue weighted by molar-refractivity contribution is 7.87. The van der Waals surface area contributed by atoms with Gasteiger partial charge in [0.1, 0.15) is 0 Å². The molecule has 28 heavy (non-hydrogen) atoms. The van der Waals surface area contributed by atoms with Crippen LogP contribution in [0.1, 0.15) is 19.3 Å². The summed E-state index contributed by atoms with van der Waals surface area (Å²) in [6, 6.07) is 5.78. The molecule has 6 nitrogen and oxygen atoms in total. The molecule has 0 aromatic heterocycles. The summed E-state index contributed by atoms with van der Waals surface area (Å²) in [4.78, 5) is 4.79. The van der Waals surface area contributed by atoms with Gasteiger partial charge in [-0.3, -0.25) is 4.90 Å². The third-order valence-electron chi connectivity index (χ3n) is 5.64. The minimum absolute atomic E-state index is 0.293. The van der Waals surface area contributed by atoms with Gasteiger partial charge in [-0.2, -0.15) is 17.1 Å². The zero-order chi connectivity index (χ0) is 20.3. The molecule has 9 heteroatoms. The fourth-order valence-corrected chi connectivity index (χ4v) is 4.65. The van der Waals surface area contributed by atoms with Crippen molar-refractivity contribution in [3.8, 4) is 0 Å². The summed E-state index contributed by atoms with van der Waals surface area (Å²) in [5.41, 5.74) is 1.02. The van der Waals surface area contributed by atoms with Gasteiger partial charge in [0, 0.05) is 46.5 Å². The van der Waals surface area contributed by atoms with Gasteiger partial charge in [0.25, 0.3) is 0 Å². The first kappa shape index (κ1) is 21.8. The molecule has 1 aromatic rings. The number of piperazine rings is 1. The van der Waals surface area contributed by atoms with Crippen molar-refractivity contribution in [2.24, 2.45) is 16.2 Å². The molecule has 1 saturated carbocycles. The summed E-state index contributed by atoms with van der Waals surface area (Å²) in [6.45, 7) is 5.01. The molecule has 1 saturated heterocycles. The van der Waals surface area contributed by atoms with Crippen LogP contribution in [-0.2, 0) is 10.2 Å². The van der Waals surface area contributed by atoms with Crippen molar-refractivity contribution in [2.75, 3.05) is 51.7 Å². The number of anilines is 1. The van der Waals surface area contributed by atoms with E-state index in [9.17, 15) is 8.42 Å². The second kappa shape index (κ2) is 9.30. The van der Waals surface area contributed by atoms with Gasteiger partial charge in [-0.1, -0.05) is 29.3 Å². The van der Waals surface area contributed by atoms with E-state index in [-0.39, 0.29) is 0 Å². The summed E-state index contributed by atoms with van der Waals surface area (Å²) >= 11 is 12.5. The average molecular weight is 447 g/mol. The van der Waals surface area contributed by atoms with E-state index in [0.29, 0.717) is 21.9 Å². The highest BCUT2D eigenvalue weighted by atomic mass is 35.5. The Morgan fingerprint density at radius 1 is 1.18 bits per heavy atom. The highest BCUT2D eigenvalue weighted by Gasteiger charge is 2.29. The maximum Gasteiger partial charge on any atom is 0.321 e. The predicted octanol–water partition coefficient (Wildman–Crippen LogP) is 3.41. The summed E-state index contributed by atoms with van der Waals surface area (Å²) < 4.78 is 28.2. The maximum absolute atomic E-state index is 11.7. The van der Waals surface area contributed by atoms with Crippen molar-refractivity contribution in [3.63, 3.8) is 0 Å². The molecule has 2 fully saturated rings. The second-order valence-electron chi connectivity index (χ2n) is 7.80. The number of hydrogen-bond acceptors (Lipinski definition) is 4. The summed E-state index contributed by atoms with van der Waals surface area (Å²) in [5, 5.41) is 1.24. The van der Waals surface area contributed by atoms with Crippen molar-refractivity contribution in [2.45, 2.75) is 19.3 Å². The van der Waals surface area contributed by atoms with Crippen LogP contribution in [0.5, 0.6) is 0 Å². The molecule has 1 aliphatic heterocycles. The van der Waals surface area contributed by atoms with Crippen LogP contribution >= 0.6 is 23.2 Å². The highest BCUT2D eigenvalue weighted by Crippen LogP contribution is 2.36. The maximum atomic E-state index is 11.7. The van der Waals surface area contributed by atoms with Gasteiger partial charge in [0.15, 0.2) is 0 Å². The Bertz CT molecular complexity index is 802. The van der Waals surface area contributed by atoms with Crippen molar-refractivity contribution in [1.29, 1.82) is 0 Å². The zero-order valence-electron chi connectivity index (χ0n) is 16.4. The molecule has 0 atom stereocenters. The van der Waals surface area contributed by atoms with Gasteiger partial charge >= 0.3 is 10.2 Å². The molecule has 156 valence electrons. The van der Waals surface area contributed by atoms with Gasteiger partial charge in [-0.25, -0.2) is 0 Å². The van der Waals surface area contributed by atoms with E-state index in [1.807, 2.05) is 18.2 Å². The van der Waals surface area contributed by atoms with Gasteiger partial charge in [0.2, 0.25) is 0 Å². The van der Waals surface area contributed by atoms with E-state index < -0.39 is 10.2 Å². The first-order chi connectivity index (χ1) is 13.3. The molecule has 1 heterocycles. The predicted molar refractivity (Wildman–Crippen MR) is 117 cm³/mol. The molecule has 0 amide bonds. The standard InChI is InChI=1S/C19H28Cl2N4O2S/c1-23(2)28(26,27)22-14-16-12-15(13-16)6-7-24-8-10-25(11-9-24)18-5-3-4-17(20)19(18)21/h3-5,14-16H,6-13H2,1-2H3/b22-14+. The number of benzene rings is 1. The van der Waals surface area contributed by atoms with Crippen LogP contribution < -0.4 is 4.90 Å². The van der Waals surface area contributed by atoms with Crippen LogP contribution in [0.3, 0.4) is 0 Å². The first-order valence-corrected chi connectivity index (χ1v) is 11.8. The number of rotatable bonds is 7. The SMILES string of the molecule is CN(C)S(=O)(=O)/N=C/C1CC(CCN2CCN(c3cccc(Cl)c3Cl)CC2)C1. The van der Waals surface area contributed by atoms with Crippen molar-refractivity contribution < 1.29 is 8.42 Å². The van der Waals surface area contributed by atoms with Gasteiger partial charge in [-0.05, 0) is 49.8 Å². The van der Waals surface area contributed by atoms with Crippen LogP contribution in [0.2, 0.25) is 10.0 Å². The molecule has 0 spiro atoms. The Hall–Kier alpha value is -0.860. The lowest BCUT2D eigenvalue weighted by Gasteiger charge is -2.39. The Kier molecular flexibility index (Phi) is 7.26. The lowest BCUT2D eigenvalue weighted by molar-refractivity contribution is 0.186. The first-order valence-electron chi connectivity index (χ1n) is 9.65. The topological polar surface area (TPSA) is 56.2 Å². The van der Waals surface area contributed by atoms with Crippen LogP contribution in [0.4, 0.5) is 5.69 Å². The molecule has 0 N–H and O–H groups in total. The van der Waals surface area contributed by atoms with Crippen LogP contribution in [-0.4, -0.2) is 70.7 Å². The van der Waals surface area contributed by atoms with E-state index in [0.717, 1.165) is 62.0 Å². The zero-order valence-corrected chi connectivity index (χ0v) is 18.7. The largest absolute Gasteiger partial charge is 0.368 e. The lowest BCUT2D eigenvalue weighted by Crippen LogP contribution is -2.47. The van der Waals surface area contributed by atoms with E-state index >= 15 is 0 Å². The molecule has 2 aliphatic rings. The number of halogens is 2. The minimum atomic E-state index is -3.48. The van der Waals surface area contributed by atoms with E-state index in [4.69, 9.17) is 23.2 Å². The third kappa shape index (κ3) is 5.39. The monoisotopic (exact) mass is 446 g/mol. The van der Waals surface area contributed by atoms with E-state index in [1.165, 1.54) is 14.1 Å². The van der Waals surface area contributed by atoms with E-state index in [2.05, 4.69) is 14.2 Å². The Morgan fingerprint density at radius 3 is 2.50 bits per heavy atom. The molecule has 0 radical (unpaired) electrons. The summed E-state index contributed by atoms with van der Waals surface area (Å²) in [6.07, 6.45) is 4.83. The molecular weight excluding hydrogens is 419 g/mol. The van der Waals surface area contributed by atoms with Gasteiger partial charge < -0.3 is 4.90 Å². The summed E-state index contributed by atoms with van der Waals surface area (Å²) in [5.74, 6) is 0.959. The van der Waals surface area contributed by atoms with Crippen molar-refractivity contribution in [3.05, 3.63) is 28.2 Å². The normalized spacial score (nSPS) is 24.1. The Labute approximate surface area is 178 Å². The van der Waals surface area contributed by atoms with Crippen molar-refractivity contribution >= 4 is 45.3 Å². The smallest absolute Gasteiger partial charge is 0.321 e. The molecule has 0 unspecified atom stereocenters. The van der Waals surface area contributed by atoms with Gasteiger partial charge in [0.05, 0.1) is 15.7 Å². The number of hydrogen-bond donors (Lipinski definition) is 0.